The van der Waals surface area contributed by atoms with Gasteiger partial charge in [-0.3, -0.25) is 4.79 Å². The average Bonchev–Trinajstić information content (AvgIpc) is 2.74. The molecule has 0 spiro atoms. The van der Waals surface area contributed by atoms with Gasteiger partial charge in [-0.1, -0.05) is 18.6 Å². The number of azo groups is 1. The molecule has 0 radical (unpaired) electrons. The van der Waals surface area contributed by atoms with E-state index in [2.05, 4.69) is 25.3 Å². The molecule has 0 bridgehead atoms. The van der Waals surface area contributed by atoms with E-state index in [1.807, 2.05) is 0 Å². The van der Waals surface area contributed by atoms with Crippen molar-refractivity contribution in [1.29, 1.82) is 0 Å². The van der Waals surface area contributed by atoms with Gasteiger partial charge in [-0.25, -0.2) is 9.78 Å². The van der Waals surface area contributed by atoms with Gasteiger partial charge < -0.3 is 32.0 Å². The number of aromatic nitrogens is 1. The predicted molar refractivity (Wildman–Crippen MR) is 112 cm³/mol. The summed E-state index contributed by atoms with van der Waals surface area (Å²) in [6.45, 7) is 0.557. The molecule has 11 heteroatoms. The van der Waals surface area contributed by atoms with Crippen molar-refractivity contribution in [2.75, 3.05) is 24.7 Å². The van der Waals surface area contributed by atoms with E-state index in [4.69, 9.17) is 21.9 Å². The number of para-hydroxylation sites is 1. The summed E-state index contributed by atoms with van der Waals surface area (Å²) in [4.78, 5) is 27.5. The van der Waals surface area contributed by atoms with Gasteiger partial charge in [0.2, 0.25) is 5.91 Å². The van der Waals surface area contributed by atoms with Crippen LogP contribution in [-0.2, 0) is 9.53 Å². The second-order valence-electron chi connectivity index (χ2n) is 6.20. The SMILES string of the molecule is COC(=O)Oc1ccccc1N=Nc1ccc(NC(=O)[C@@H](N)CCCCN)nc1N. The minimum absolute atomic E-state index is 0.0552. The van der Waals surface area contributed by atoms with E-state index in [9.17, 15) is 9.59 Å². The van der Waals surface area contributed by atoms with Gasteiger partial charge in [-0.05, 0) is 43.7 Å². The summed E-state index contributed by atoms with van der Waals surface area (Å²) in [5.41, 5.74) is 17.8. The quantitative estimate of drug-likeness (QED) is 0.209. The molecule has 160 valence electrons. The largest absolute Gasteiger partial charge is 0.513 e. The van der Waals surface area contributed by atoms with Crippen molar-refractivity contribution in [3.05, 3.63) is 36.4 Å². The summed E-state index contributed by atoms with van der Waals surface area (Å²) in [6.07, 6.45) is 1.22. The number of amides is 1. The van der Waals surface area contributed by atoms with Gasteiger partial charge in [0.15, 0.2) is 11.6 Å². The summed E-state index contributed by atoms with van der Waals surface area (Å²) >= 11 is 0. The van der Waals surface area contributed by atoms with Crippen LogP contribution in [0.3, 0.4) is 0 Å². The molecule has 1 heterocycles. The van der Waals surface area contributed by atoms with Crippen LogP contribution in [0.1, 0.15) is 19.3 Å². The number of pyridine rings is 1. The van der Waals surface area contributed by atoms with Gasteiger partial charge >= 0.3 is 6.16 Å². The number of unbranched alkanes of at least 4 members (excludes halogenated alkanes) is 1. The molecule has 7 N–H and O–H groups in total. The first-order valence-corrected chi connectivity index (χ1v) is 9.24. The van der Waals surface area contributed by atoms with Gasteiger partial charge in [-0.15, -0.1) is 10.2 Å². The molecular formula is C19H25N7O4. The second-order valence-corrected chi connectivity index (χ2v) is 6.20. The lowest BCUT2D eigenvalue weighted by Crippen LogP contribution is -2.35. The van der Waals surface area contributed by atoms with E-state index in [-0.39, 0.29) is 29.0 Å². The molecule has 0 saturated carbocycles. The van der Waals surface area contributed by atoms with Crippen LogP contribution in [0.15, 0.2) is 46.6 Å². The lowest BCUT2D eigenvalue weighted by Gasteiger charge is -2.12. The number of carbonyl (C=O) groups is 2. The molecule has 1 aromatic heterocycles. The zero-order chi connectivity index (χ0) is 21.9. The van der Waals surface area contributed by atoms with Crippen LogP contribution in [0.5, 0.6) is 5.75 Å². The van der Waals surface area contributed by atoms with Crippen molar-refractivity contribution < 1.29 is 19.1 Å². The molecule has 11 nitrogen and oxygen atoms in total. The van der Waals surface area contributed by atoms with Crippen molar-refractivity contribution in [1.82, 2.24) is 4.98 Å². The van der Waals surface area contributed by atoms with Crippen molar-refractivity contribution in [3.8, 4) is 5.75 Å². The molecule has 1 amide bonds. The maximum atomic E-state index is 12.1. The van der Waals surface area contributed by atoms with Crippen molar-refractivity contribution in [2.24, 2.45) is 21.7 Å². The highest BCUT2D eigenvalue weighted by molar-refractivity contribution is 5.94. The fourth-order valence-electron chi connectivity index (χ4n) is 2.35. The van der Waals surface area contributed by atoms with Crippen LogP contribution in [0, 0.1) is 0 Å². The normalized spacial score (nSPS) is 11.8. The minimum Gasteiger partial charge on any atom is -0.437 e. The third-order valence-corrected chi connectivity index (χ3v) is 3.95. The number of carbonyl (C=O) groups excluding carboxylic acids is 2. The van der Waals surface area contributed by atoms with Crippen molar-refractivity contribution >= 4 is 35.1 Å². The summed E-state index contributed by atoms with van der Waals surface area (Å²) in [5, 5.41) is 10.7. The molecule has 1 aromatic carbocycles. The molecule has 0 aliphatic carbocycles. The second kappa shape index (κ2) is 11.4. The molecule has 2 aromatic rings. The topological polar surface area (TPSA) is 180 Å². The lowest BCUT2D eigenvalue weighted by atomic mass is 10.1. The number of nitrogens with one attached hydrogen (secondary N) is 1. The smallest absolute Gasteiger partial charge is 0.437 e. The Morgan fingerprint density at radius 1 is 1.13 bits per heavy atom. The summed E-state index contributed by atoms with van der Waals surface area (Å²) in [7, 11) is 1.20. The third kappa shape index (κ3) is 6.79. The molecule has 0 aliphatic heterocycles. The van der Waals surface area contributed by atoms with E-state index in [1.54, 1.807) is 30.3 Å². The molecule has 0 aliphatic rings. The highest BCUT2D eigenvalue weighted by Crippen LogP contribution is 2.30. The Bertz CT molecular complexity index is 904. The molecular weight excluding hydrogens is 390 g/mol. The maximum Gasteiger partial charge on any atom is 0.513 e. The van der Waals surface area contributed by atoms with E-state index in [0.29, 0.717) is 18.7 Å². The van der Waals surface area contributed by atoms with Gasteiger partial charge in [-0.2, -0.15) is 0 Å². The van der Waals surface area contributed by atoms with Crippen LogP contribution in [0.2, 0.25) is 0 Å². The van der Waals surface area contributed by atoms with E-state index >= 15 is 0 Å². The lowest BCUT2D eigenvalue weighted by molar-refractivity contribution is -0.117. The number of benzene rings is 1. The number of ether oxygens (including phenoxy) is 2. The first kappa shape index (κ1) is 22.7. The minimum atomic E-state index is -0.875. The number of nitrogens with zero attached hydrogens (tertiary/aromatic N) is 3. The fraction of sp³-hybridized carbons (Fsp3) is 0.316. The first-order valence-electron chi connectivity index (χ1n) is 9.24. The summed E-state index contributed by atoms with van der Waals surface area (Å²) in [5.74, 6) is 0.120. The number of hydrogen-bond acceptors (Lipinski definition) is 10. The highest BCUT2D eigenvalue weighted by atomic mass is 16.7. The fourth-order valence-corrected chi connectivity index (χ4v) is 2.35. The summed E-state index contributed by atoms with van der Waals surface area (Å²) in [6, 6.07) is 8.94. The Morgan fingerprint density at radius 2 is 1.87 bits per heavy atom. The Morgan fingerprint density at radius 3 is 2.57 bits per heavy atom. The zero-order valence-corrected chi connectivity index (χ0v) is 16.6. The number of rotatable bonds is 9. The number of nitrogens with two attached hydrogens (primary N) is 3. The van der Waals surface area contributed by atoms with Crippen LogP contribution in [-0.4, -0.2) is 36.7 Å². The van der Waals surface area contributed by atoms with Crippen molar-refractivity contribution in [3.63, 3.8) is 0 Å². The zero-order valence-electron chi connectivity index (χ0n) is 16.6. The number of anilines is 2. The highest BCUT2D eigenvalue weighted by Gasteiger charge is 2.14. The third-order valence-electron chi connectivity index (χ3n) is 3.95. The van der Waals surface area contributed by atoms with Gasteiger partial charge in [0, 0.05) is 0 Å². The number of nitrogen functional groups attached to an aromatic ring is 1. The van der Waals surface area contributed by atoms with Crippen molar-refractivity contribution in [2.45, 2.75) is 25.3 Å². The standard InChI is InChI=1S/C19H25N7O4/c1-29-19(28)30-15-8-3-2-7-13(15)25-26-14-9-10-16(23-17(14)22)24-18(27)12(21)6-4-5-11-20/h2-3,7-10,12H,4-6,11,20-21H2,1H3,(H3,22,23,24,27)/t12-/m0/s1. The number of hydrogen-bond donors (Lipinski definition) is 4. The Hall–Kier alpha value is -3.57. The van der Waals surface area contributed by atoms with Crippen LogP contribution < -0.4 is 27.3 Å². The van der Waals surface area contributed by atoms with Gasteiger partial charge in [0.1, 0.15) is 17.2 Å². The first-order chi connectivity index (χ1) is 14.4. The Balaban J connectivity index is 2.06. The molecule has 0 unspecified atom stereocenters. The monoisotopic (exact) mass is 415 g/mol. The van der Waals surface area contributed by atoms with E-state index < -0.39 is 12.2 Å². The van der Waals surface area contributed by atoms with E-state index in [1.165, 1.54) is 13.2 Å². The van der Waals surface area contributed by atoms with Crippen LogP contribution >= 0.6 is 0 Å². The molecule has 1 atom stereocenters. The summed E-state index contributed by atoms with van der Waals surface area (Å²) < 4.78 is 9.47. The molecule has 0 fully saturated rings. The maximum absolute atomic E-state index is 12.1. The average molecular weight is 415 g/mol. The molecule has 2 rings (SSSR count). The van der Waals surface area contributed by atoms with Gasteiger partial charge in [0.05, 0.1) is 13.2 Å². The number of methoxy groups -OCH3 is 1. The van der Waals surface area contributed by atoms with Crippen LogP contribution in [0.25, 0.3) is 0 Å². The molecule has 30 heavy (non-hydrogen) atoms. The molecule has 0 saturated heterocycles. The van der Waals surface area contributed by atoms with E-state index in [0.717, 1.165) is 12.8 Å². The predicted octanol–water partition coefficient (Wildman–Crippen LogP) is 2.62. The Labute approximate surface area is 173 Å². The Kier molecular flexibility index (Phi) is 8.66. The van der Waals surface area contributed by atoms with Gasteiger partial charge in [0.25, 0.3) is 0 Å². The van der Waals surface area contributed by atoms with Crippen LogP contribution in [0.4, 0.5) is 27.8 Å².